The number of anilines is 4. The Bertz CT molecular complexity index is 1010. The van der Waals surface area contributed by atoms with Crippen LogP contribution in [-0.4, -0.2) is 75.9 Å². The molecule has 2 aliphatic heterocycles. The molecule has 0 bridgehead atoms. The number of carbonyl (C=O) groups is 2. The molecule has 38 heavy (non-hydrogen) atoms. The van der Waals surface area contributed by atoms with Gasteiger partial charge in [0.2, 0.25) is 11.8 Å². The molecule has 2 aromatic carbocycles. The molecule has 2 fully saturated rings. The molecule has 0 aliphatic carbocycles. The Morgan fingerprint density at radius 1 is 0.711 bits per heavy atom. The summed E-state index contributed by atoms with van der Waals surface area (Å²) in [7, 11) is 2.99. The van der Waals surface area contributed by atoms with Crippen LogP contribution in [0.1, 0.15) is 12.8 Å². The Labute approximate surface area is 229 Å². The van der Waals surface area contributed by atoms with Gasteiger partial charge in [-0.1, -0.05) is 21.6 Å². The molecule has 2 N–H and O–H groups in total. The molecule has 8 nitrogen and oxygen atoms in total. The zero-order valence-corrected chi connectivity index (χ0v) is 22.7. The molecule has 206 valence electrons. The normalized spacial score (nSPS) is 15.8. The van der Waals surface area contributed by atoms with E-state index in [0.29, 0.717) is 86.9 Å². The zero-order chi connectivity index (χ0) is 26.7. The van der Waals surface area contributed by atoms with Crippen LogP contribution in [0.4, 0.5) is 31.5 Å². The van der Waals surface area contributed by atoms with Crippen molar-refractivity contribution in [2.45, 2.75) is 12.8 Å². The first-order valence-electron chi connectivity index (χ1n) is 12.6. The lowest BCUT2D eigenvalue weighted by Crippen LogP contribution is -2.36. The molecule has 2 saturated heterocycles. The lowest BCUT2D eigenvalue weighted by atomic mass is 10.2. The molecule has 0 saturated carbocycles. The molecular formula is C26H32F2N4O4S2. The Morgan fingerprint density at radius 2 is 1.11 bits per heavy atom. The van der Waals surface area contributed by atoms with Crippen molar-refractivity contribution < 1.29 is 27.8 Å². The van der Waals surface area contributed by atoms with Gasteiger partial charge >= 0.3 is 0 Å². The fraction of sp³-hybridized carbons (Fsp3) is 0.462. The van der Waals surface area contributed by atoms with E-state index in [0.717, 1.165) is 0 Å². The van der Waals surface area contributed by atoms with E-state index in [1.165, 1.54) is 33.7 Å². The summed E-state index contributed by atoms with van der Waals surface area (Å²) in [6.07, 6.45) is 0.539. The summed E-state index contributed by atoms with van der Waals surface area (Å²) in [5, 5.41) is 5.46. The highest BCUT2D eigenvalue weighted by atomic mass is 33.1. The van der Waals surface area contributed by atoms with Crippen molar-refractivity contribution in [3.05, 3.63) is 48.0 Å². The molecular weight excluding hydrogens is 534 g/mol. The van der Waals surface area contributed by atoms with Crippen molar-refractivity contribution in [2.24, 2.45) is 0 Å². The zero-order valence-electron chi connectivity index (χ0n) is 21.0. The van der Waals surface area contributed by atoms with E-state index in [1.807, 2.05) is 9.80 Å². The van der Waals surface area contributed by atoms with Crippen LogP contribution in [0, 0.1) is 11.6 Å². The van der Waals surface area contributed by atoms with E-state index in [-0.39, 0.29) is 36.3 Å². The van der Waals surface area contributed by atoms with Gasteiger partial charge in [0.15, 0.2) is 0 Å². The molecule has 0 spiro atoms. The first-order valence-corrected chi connectivity index (χ1v) is 15.1. The van der Waals surface area contributed by atoms with Crippen molar-refractivity contribution in [1.82, 2.24) is 0 Å². The predicted octanol–water partition coefficient (Wildman–Crippen LogP) is 4.38. The van der Waals surface area contributed by atoms with E-state index >= 15 is 0 Å². The number of amides is 2. The summed E-state index contributed by atoms with van der Waals surface area (Å²) in [5.74, 6) is -0.0253. The lowest BCUT2D eigenvalue weighted by Gasteiger charge is -2.29. The third-order valence-corrected chi connectivity index (χ3v) is 8.48. The van der Waals surface area contributed by atoms with Crippen LogP contribution in [0.25, 0.3) is 0 Å². The Morgan fingerprint density at radius 3 is 1.47 bits per heavy atom. The maximum Gasteiger partial charge on any atom is 0.225 e. The first kappa shape index (κ1) is 28.5. The number of hydrogen-bond acceptors (Lipinski definition) is 8. The highest BCUT2D eigenvalue weighted by molar-refractivity contribution is 8.76. The van der Waals surface area contributed by atoms with Gasteiger partial charge in [-0.15, -0.1) is 0 Å². The number of rotatable bonds is 11. The minimum Gasteiger partial charge on any atom is -0.378 e. The topological polar surface area (TPSA) is 83.1 Å². The SMILES string of the molecule is O=C(CCSSCCC(=O)Nc1ccc(N2CCOCC2)c(F)c1)Nc1ccc(N2CCOCC2)c(F)c1. The maximum atomic E-state index is 14.5. The minimum absolute atomic E-state index is 0.197. The second-order valence-electron chi connectivity index (χ2n) is 8.77. The predicted molar refractivity (Wildman–Crippen MR) is 150 cm³/mol. The summed E-state index contributed by atoms with van der Waals surface area (Å²) in [6, 6.07) is 9.44. The maximum absolute atomic E-state index is 14.5. The third-order valence-electron chi connectivity index (χ3n) is 6.07. The molecule has 0 radical (unpaired) electrons. The molecule has 0 aromatic heterocycles. The fourth-order valence-corrected chi connectivity index (χ4v) is 6.10. The Kier molecular flexibility index (Phi) is 10.9. The fourth-order valence-electron chi connectivity index (χ4n) is 4.12. The molecule has 2 aliphatic rings. The summed E-state index contributed by atoms with van der Waals surface area (Å²) in [5.41, 5.74) is 1.87. The van der Waals surface area contributed by atoms with Crippen LogP contribution in [0.5, 0.6) is 0 Å². The van der Waals surface area contributed by atoms with Gasteiger partial charge in [0.25, 0.3) is 0 Å². The van der Waals surface area contributed by atoms with Gasteiger partial charge in [-0.25, -0.2) is 8.78 Å². The summed E-state index contributed by atoms with van der Waals surface area (Å²) in [6.45, 7) is 4.84. The van der Waals surface area contributed by atoms with Gasteiger partial charge in [-0.05, 0) is 36.4 Å². The molecule has 0 atom stereocenters. The van der Waals surface area contributed by atoms with E-state index in [2.05, 4.69) is 10.6 Å². The minimum atomic E-state index is -0.372. The number of hydrogen-bond donors (Lipinski definition) is 2. The number of halogens is 2. The average molecular weight is 567 g/mol. The van der Waals surface area contributed by atoms with E-state index in [9.17, 15) is 18.4 Å². The molecule has 4 rings (SSSR count). The van der Waals surface area contributed by atoms with E-state index < -0.39 is 0 Å². The van der Waals surface area contributed by atoms with Crippen LogP contribution in [0.15, 0.2) is 36.4 Å². The van der Waals surface area contributed by atoms with Gasteiger partial charge < -0.3 is 29.9 Å². The van der Waals surface area contributed by atoms with Gasteiger partial charge in [0.1, 0.15) is 11.6 Å². The number of nitrogens with one attached hydrogen (secondary N) is 2. The van der Waals surface area contributed by atoms with Crippen molar-refractivity contribution in [3.8, 4) is 0 Å². The van der Waals surface area contributed by atoms with Crippen molar-refractivity contribution in [1.29, 1.82) is 0 Å². The van der Waals surface area contributed by atoms with Crippen LogP contribution >= 0.6 is 21.6 Å². The molecule has 12 heteroatoms. The summed E-state index contributed by atoms with van der Waals surface area (Å²) in [4.78, 5) is 28.3. The smallest absolute Gasteiger partial charge is 0.225 e. The molecule has 2 aromatic rings. The second-order valence-corrected chi connectivity index (χ2v) is 11.5. The Hall–Kier alpha value is -2.54. The van der Waals surface area contributed by atoms with Crippen LogP contribution in [-0.2, 0) is 19.1 Å². The highest BCUT2D eigenvalue weighted by Gasteiger charge is 2.17. The van der Waals surface area contributed by atoms with Gasteiger partial charge in [0.05, 0.1) is 37.8 Å². The van der Waals surface area contributed by atoms with Gasteiger partial charge in [-0.2, -0.15) is 0 Å². The average Bonchev–Trinajstić information content (AvgIpc) is 2.92. The number of ether oxygens (including phenoxy) is 2. The van der Waals surface area contributed by atoms with Gasteiger partial charge in [-0.3, -0.25) is 9.59 Å². The number of nitrogens with zero attached hydrogens (tertiary/aromatic N) is 2. The van der Waals surface area contributed by atoms with Crippen molar-refractivity contribution in [2.75, 3.05) is 84.5 Å². The van der Waals surface area contributed by atoms with Crippen molar-refractivity contribution >= 4 is 56.2 Å². The van der Waals surface area contributed by atoms with Crippen LogP contribution in [0.2, 0.25) is 0 Å². The van der Waals surface area contributed by atoms with Crippen molar-refractivity contribution in [3.63, 3.8) is 0 Å². The molecule has 2 amide bonds. The highest BCUT2D eigenvalue weighted by Crippen LogP contribution is 2.26. The Balaban J connectivity index is 1.09. The number of morpholine rings is 2. The standard InChI is InChI=1S/C26H32F2N4O4S2/c27-21-17-19(1-3-23(21)31-7-11-35-12-8-31)29-25(33)5-15-37-38-16-6-26(34)30-20-2-4-24(22(28)18-20)32-9-13-36-14-10-32/h1-4,17-18H,5-16H2,(H,29,33)(H,30,34). The quantitative estimate of drug-likeness (QED) is 0.307. The largest absolute Gasteiger partial charge is 0.378 e. The van der Waals surface area contributed by atoms with E-state index in [4.69, 9.17) is 9.47 Å². The van der Waals surface area contributed by atoms with Crippen LogP contribution in [0.3, 0.4) is 0 Å². The van der Waals surface area contributed by atoms with E-state index in [1.54, 1.807) is 24.3 Å². The monoisotopic (exact) mass is 566 g/mol. The third kappa shape index (κ3) is 8.48. The number of benzene rings is 2. The molecule has 0 unspecified atom stereocenters. The summed E-state index contributed by atoms with van der Waals surface area (Å²) < 4.78 is 39.6. The second kappa shape index (κ2) is 14.6. The van der Waals surface area contributed by atoms with Gasteiger partial charge in [0, 0.05) is 61.9 Å². The first-order chi connectivity index (χ1) is 18.5. The molecule has 2 heterocycles. The lowest BCUT2D eigenvalue weighted by molar-refractivity contribution is -0.116. The summed E-state index contributed by atoms with van der Waals surface area (Å²) >= 11 is 0. The van der Waals surface area contributed by atoms with Crippen LogP contribution < -0.4 is 20.4 Å². The number of carbonyl (C=O) groups excluding carboxylic acids is 2.